The Morgan fingerprint density at radius 1 is 1.15 bits per heavy atom. The predicted octanol–water partition coefficient (Wildman–Crippen LogP) is 3.56. The first-order valence-electron chi connectivity index (χ1n) is 8.45. The molecule has 1 fully saturated rings. The van der Waals surface area contributed by atoms with E-state index in [-0.39, 0.29) is 18.2 Å². The topological polar surface area (TPSA) is 41.6 Å². The quantitative estimate of drug-likeness (QED) is 0.783. The third-order valence-corrected chi connectivity index (χ3v) is 4.66. The number of morpholine rings is 1. The summed E-state index contributed by atoms with van der Waals surface area (Å²) in [5, 5.41) is 3.24. The average Bonchev–Trinajstić information content (AvgIpc) is 2.66. The summed E-state index contributed by atoms with van der Waals surface area (Å²) in [5.74, 6) is -5.09. The molecule has 1 amide bonds. The standard InChI is InChI=1S/C19H18ClF3N2O2/c20-14-3-1-2-12(8-14)17(25-4-6-27-7-5-25)11-24-19(26)13-9-15(21)18(23)16(22)10-13/h1-3,8-10,17H,4-7,11H2,(H,24,26). The van der Waals surface area contributed by atoms with Crippen LogP contribution in [-0.4, -0.2) is 43.7 Å². The number of nitrogens with one attached hydrogen (secondary N) is 1. The Morgan fingerprint density at radius 3 is 2.44 bits per heavy atom. The SMILES string of the molecule is O=C(NCC(c1cccc(Cl)c1)N1CCOCC1)c1cc(F)c(F)c(F)c1. The number of rotatable bonds is 5. The second kappa shape index (κ2) is 8.73. The summed E-state index contributed by atoms with van der Waals surface area (Å²) in [7, 11) is 0. The molecule has 1 saturated heterocycles. The summed E-state index contributed by atoms with van der Waals surface area (Å²) < 4.78 is 45.2. The van der Waals surface area contributed by atoms with Crippen molar-refractivity contribution in [3.8, 4) is 0 Å². The molecular formula is C19H18ClF3N2O2. The first-order valence-corrected chi connectivity index (χ1v) is 8.83. The van der Waals surface area contributed by atoms with Gasteiger partial charge in [0.25, 0.3) is 5.91 Å². The van der Waals surface area contributed by atoms with E-state index in [0.717, 1.165) is 5.56 Å². The van der Waals surface area contributed by atoms with Gasteiger partial charge in [-0.1, -0.05) is 23.7 Å². The van der Waals surface area contributed by atoms with Crippen LogP contribution in [-0.2, 0) is 4.74 Å². The lowest BCUT2D eigenvalue weighted by molar-refractivity contribution is 0.0162. The first-order chi connectivity index (χ1) is 13.0. The smallest absolute Gasteiger partial charge is 0.251 e. The molecule has 1 unspecified atom stereocenters. The lowest BCUT2D eigenvalue weighted by atomic mass is 10.0. The predicted molar refractivity (Wildman–Crippen MR) is 95.2 cm³/mol. The maximum atomic E-state index is 13.4. The number of nitrogens with zero attached hydrogens (tertiary/aromatic N) is 1. The van der Waals surface area contributed by atoms with Crippen molar-refractivity contribution in [1.82, 2.24) is 10.2 Å². The number of hydrogen-bond donors (Lipinski definition) is 1. The monoisotopic (exact) mass is 398 g/mol. The molecule has 4 nitrogen and oxygen atoms in total. The zero-order valence-electron chi connectivity index (χ0n) is 14.4. The van der Waals surface area contributed by atoms with Gasteiger partial charge >= 0.3 is 0 Å². The van der Waals surface area contributed by atoms with Crippen molar-refractivity contribution in [2.45, 2.75) is 6.04 Å². The highest BCUT2D eigenvalue weighted by atomic mass is 35.5. The first kappa shape index (κ1) is 19.7. The molecule has 1 N–H and O–H groups in total. The Balaban J connectivity index is 1.77. The van der Waals surface area contributed by atoms with Gasteiger partial charge in [0.2, 0.25) is 0 Å². The number of halogens is 4. The molecule has 0 spiro atoms. The summed E-state index contributed by atoms with van der Waals surface area (Å²) >= 11 is 6.09. The van der Waals surface area contributed by atoms with Gasteiger partial charge in [-0.15, -0.1) is 0 Å². The minimum atomic E-state index is -1.60. The summed E-state index contributed by atoms with van der Waals surface area (Å²) in [5.41, 5.74) is 0.624. The molecule has 0 aliphatic carbocycles. The molecule has 8 heteroatoms. The summed E-state index contributed by atoms with van der Waals surface area (Å²) in [4.78, 5) is 14.4. The van der Waals surface area contributed by atoms with E-state index in [1.54, 1.807) is 6.07 Å². The van der Waals surface area contributed by atoms with Crippen molar-refractivity contribution < 1.29 is 22.7 Å². The molecule has 2 aromatic rings. The molecule has 0 saturated carbocycles. The Kier molecular flexibility index (Phi) is 6.36. The molecule has 1 heterocycles. The van der Waals surface area contributed by atoms with Crippen molar-refractivity contribution in [3.05, 3.63) is 70.0 Å². The second-order valence-corrected chi connectivity index (χ2v) is 6.62. The van der Waals surface area contributed by atoms with Crippen molar-refractivity contribution >= 4 is 17.5 Å². The Hall–Kier alpha value is -2.09. The summed E-state index contributed by atoms with van der Waals surface area (Å²) in [6.07, 6.45) is 0. The van der Waals surface area contributed by atoms with Gasteiger partial charge in [-0.2, -0.15) is 0 Å². The van der Waals surface area contributed by atoms with Crippen molar-refractivity contribution in [2.24, 2.45) is 0 Å². The molecule has 0 bridgehead atoms. The molecule has 0 aromatic heterocycles. The van der Waals surface area contributed by atoms with Gasteiger partial charge in [0.1, 0.15) is 0 Å². The fourth-order valence-corrected chi connectivity index (χ4v) is 3.24. The lowest BCUT2D eigenvalue weighted by Crippen LogP contribution is -2.43. The third kappa shape index (κ3) is 4.80. The van der Waals surface area contributed by atoms with Crippen LogP contribution in [0, 0.1) is 17.5 Å². The van der Waals surface area contributed by atoms with Gasteiger partial charge in [-0.25, -0.2) is 13.2 Å². The van der Waals surface area contributed by atoms with Crippen LogP contribution in [0.15, 0.2) is 36.4 Å². The molecule has 1 atom stereocenters. The van der Waals surface area contributed by atoms with Gasteiger partial charge in [0.05, 0.1) is 19.3 Å². The number of benzene rings is 2. The molecule has 0 radical (unpaired) electrons. The van der Waals surface area contributed by atoms with E-state index in [1.807, 2.05) is 18.2 Å². The lowest BCUT2D eigenvalue weighted by Gasteiger charge is -2.35. The van der Waals surface area contributed by atoms with Gasteiger partial charge in [-0.05, 0) is 29.8 Å². The van der Waals surface area contributed by atoms with E-state index in [9.17, 15) is 18.0 Å². The summed E-state index contributed by atoms with van der Waals surface area (Å²) in [6, 6.07) is 8.45. The third-order valence-electron chi connectivity index (χ3n) is 4.42. The Labute approximate surface area is 159 Å². The van der Waals surface area contributed by atoms with Crippen LogP contribution in [0.1, 0.15) is 22.0 Å². The van der Waals surface area contributed by atoms with E-state index in [0.29, 0.717) is 43.5 Å². The number of carbonyl (C=O) groups is 1. The van der Waals surface area contributed by atoms with Gasteiger partial charge in [0.15, 0.2) is 17.5 Å². The van der Waals surface area contributed by atoms with Crippen molar-refractivity contribution in [2.75, 3.05) is 32.8 Å². The van der Waals surface area contributed by atoms with E-state index < -0.39 is 23.4 Å². The maximum Gasteiger partial charge on any atom is 0.251 e. The molecule has 144 valence electrons. The highest BCUT2D eigenvalue weighted by Crippen LogP contribution is 2.24. The highest BCUT2D eigenvalue weighted by molar-refractivity contribution is 6.30. The van der Waals surface area contributed by atoms with Crippen LogP contribution in [0.3, 0.4) is 0 Å². The van der Waals surface area contributed by atoms with E-state index >= 15 is 0 Å². The average molecular weight is 399 g/mol. The zero-order valence-corrected chi connectivity index (χ0v) is 15.1. The van der Waals surface area contributed by atoms with Crippen LogP contribution in [0.5, 0.6) is 0 Å². The zero-order chi connectivity index (χ0) is 19.4. The van der Waals surface area contributed by atoms with Crippen LogP contribution < -0.4 is 5.32 Å². The maximum absolute atomic E-state index is 13.4. The van der Waals surface area contributed by atoms with Crippen LogP contribution in [0.2, 0.25) is 5.02 Å². The minimum absolute atomic E-state index is 0.188. The number of ether oxygens (including phenoxy) is 1. The summed E-state index contributed by atoms with van der Waals surface area (Å²) in [6.45, 7) is 2.68. The molecule has 1 aliphatic rings. The van der Waals surface area contributed by atoms with Crippen molar-refractivity contribution in [1.29, 1.82) is 0 Å². The fraction of sp³-hybridized carbons (Fsp3) is 0.316. The minimum Gasteiger partial charge on any atom is -0.379 e. The van der Waals surface area contributed by atoms with Gasteiger partial charge in [0, 0.05) is 30.2 Å². The Morgan fingerprint density at radius 2 is 1.81 bits per heavy atom. The number of carbonyl (C=O) groups excluding carboxylic acids is 1. The van der Waals surface area contributed by atoms with Gasteiger partial charge < -0.3 is 10.1 Å². The number of amides is 1. The normalized spacial score (nSPS) is 16.1. The molecule has 27 heavy (non-hydrogen) atoms. The molecule has 3 rings (SSSR count). The van der Waals surface area contributed by atoms with Crippen LogP contribution in [0.4, 0.5) is 13.2 Å². The van der Waals surface area contributed by atoms with E-state index in [4.69, 9.17) is 16.3 Å². The molecule has 1 aliphatic heterocycles. The van der Waals surface area contributed by atoms with Crippen molar-refractivity contribution in [3.63, 3.8) is 0 Å². The molecular weight excluding hydrogens is 381 g/mol. The van der Waals surface area contributed by atoms with E-state index in [1.165, 1.54) is 0 Å². The van der Waals surface area contributed by atoms with Crippen LogP contribution >= 0.6 is 11.6 Å². The van der Waals surface area contributed by atoms with Crippen LogP contribution in [0.25, 0.3) is 0 Å². The van der Waals surface area contributed by atoms with E-state index in [2.05, 4.69) is 10.2 Å². The largest absolute Gasteiger partial charge is 0.379 e. The highest BCUT2D eigenvalue weighted by Gasteiger charge is 2.24. The Bertz CT molecular complexity index is 805. The number of hydrogen-bond acceptors (Lipinski definition) is 3. The second-order valence-electron chi connectivity index (χ2n) is 6.18. The van der Waals surface area contributed by atoms with Gasteiger partial charge in [-0.3, -0.25) is 9.69 Å². The fourth-order valence-electron chi connectivity index (χ4n) is 3.04. The molecule has 2 aromatic carbocycles.